The zero-order chi connectivity index (χ0) is 37.8. The fourth-order valence-corrected chi connectivity index (χ4v) is 5.81. The van der Waals surface area contributed by atoms with Crippen molar-refractivity contribution in [3.8, 4) is 0 Å². The summed E-state index contributed by atoms with van der Waals surface area (Å²) in [6.07, 6.45) is 52.3. The molecule has 0 bridgehead atoms. The number of ether oxygens (including phenoxy) is 3. The van der Waals surface area contributed by atoms with Gasteiger partial charge in [0.25, 0.3) is 0 Å². The van der Waals surface area contributed by atoms with Crippen molar-refractivity contribution in [2.45, 2.75) is 207 Å². The molecule has 5 nitrogen and oxygen atoms in total. The summed E-state index contributed by atoms with van der Waals surface area (Å²) in [6, 6.07) is 0. The summed E-state index contributed by atoms with van der Waals surface area (Å²) >= 11 is 0. The molecule has 0 saturated heterocycles. The molecule has 0 amide bonds. The largest absolute Gasteiger partial charge is 0.462 e. The van der Waals surface area contributed by atoms with Crippen LogP contribution in [-0.2, 0) is 23.8 Å². The molecule has 1 atom stereocenters. The number of unbranched alkanes of at least 4 members (excludes halogenated alkanes) is 18. The molecule has 0 aromatic carbocycles. The van der Waals surface area contributed by atoms with Crippen LogP contribution in [0.1, 0.15) is 201 Å². The van der Waals surface area contributed by atoms with Crippen molar-refractivity contribution in [3.63, 3.8) is 0 Å². The maximum absolute atomic E-state index is 12.7. The van der Waals surface area contributed by atoms with Gasteiger partial charge in [-0.15, -0.1) is 0 Å². The summed E-state index contributed by atoms with van der Waals surface area (Å²) in [7, 11) is 0. The fourth-order valence-electron chi connectivity index (χ4n) is 5.81. The Hall–Kier alpha value is -2.40. The molecular formula is C47H82O5. The Kier molecular flexibility index (Phi) is 41.0. The van der Waals surface area contributed by atoms with E-state index in [0.717, 1.165) is 64.2 Å². The maximum Gasteiger partial charge on any atom is 0.306 e. The Balaban J connectivity index is 4.36. The third-order valence-corrected chi connectivity index (χ3v) is 9.05. The van der Waals surface area contributed by atoms with Crippen LogP contribution >= 0.6 is 0 Å². The second-order valence-corrected chi connectivity index (χ2v) is 14.2. The molecule has 0 rings (SSSR count). The molecule has 0 fully saturated rings. The van der Waals surface area contributed by atoms with Gasteiger partial charge >= 0.3 is 11.9 Å². The van der Waals surface area contributed by atoms with Gasteiger partial charge in [-0.25, -0.2) is 0 Å². The standard InChI is InChI=1S/C47H82O5/c1-4-7-10-13-16-19-22-24-26-28-31-34-37-40-46(48)51-44-45(43-50-42-39-36-33-30-21-18-15-12-9-6-3)52-47(49)41-38-35-32-29-27-25-23-20-17-14-11-8-5-2/h7,10,16,19-20,23-24,26,31,34,45H,4-6,8-9,11-15,17-18,21-22,25,27-30,32-33,35-44H2,1-3H3/b10-7-,19-16-,23-20-,26-24-,34-31-. The summed E-state index contributed by atoms with van der Waals surface area (Å²) in [5, 5.41) is 0. The van der Waals surface area contributed by atoms with E-state index in [0.29, 0.717) is 25.9 Å². The highest BCUT2D eigenvalue weighted by atomic mass is 16.6. The monoisotopic (exact) mass is 727 g/mol. The van der Waals surface area contributed by atoms with E-state index in [4.69, 9.17) is 14.2 Å². The van der Waals surface area contributed by atoms with E-state index in [1.807, 2.05) is 6.08 Å². The van der Waals surface area contributed by atoms with Crippen molar-refractivity contribution in [1.29, 1.82) is 0 Å². The van der Waals surface area contributed by atoms with Crippen LogP contribution in [0.3, 0.4) is 0 Å². The van der Waals surface area contributed by atoms with Gasteiger partial charge in [0.05, 0.1) is 6.61 Å². The van der Waals surface area contributed by atoms with E-state index < -0.39 is 6.10 Å². The van der Waals surface area contributed by atoms with Gasteiger partial charge in [0.1, 0.15) is 6.61 Å². The fraction of sp³-hybridized carbons (Fsp3) is 0.745. The lowest BCUT2D eigenvalue weighted by Crippen LogP contribution is -2.30. The molecule has 52 heavy (non-hydrogen) atoms. The van der Waals surface area contributed by atoms with E-state index in [9.17, 15) is 9.59 Å². The number of carbonyl (C=O) groups excluding carboxylic acids is 2. The molecule has 0 aliphatic carbocycles. The van der Waals surface area contributed by atoms with Crippen molar-refractivity contribution in [2.24, 2.45) is 0 Å². The number of rotatable bonds is 39. The normalized spacial score (nSPS) is 12.8. The van der Waals surface area contributed by atoms with Gasteiger partial charge in [0.15, 0.2) is 6.10 Å². The van der Waals surface area contributed by atoms with Crippen LogP contribution in [0.2, 0.25) is 0 Å². The second-order valence-electron chi connectivity index (χ2n) is 14.2. The summed E-state index contributed by atoms with van der Waals surface area (Å²) in [4.78, 5) is 25.1. The van der Waals surface area contributed by atoms with Crippen molar-refractivity contribution < 1.29 is 23.8 Å². The van der Waals surface area contributed by atoms with Crippen molar-refractivity contribution >= 4 is 11.9 Å². The number of allylic oxidation sites excluding steroid dienone is 10. The summed E-state index contributed by atoms with van der Waals surface area (Å²) in [5.74, 6) is -0.501. The Labute approximate surface area is 322 Å². The van der Waals surface area contributed by atoms with Gasteiger partial charge in [-0.1, -0.05) is 178 Å². The molecule has 300 valence electrons. The minimum absolute atomic E-state index is 0.0446. The molecule has 0 spiro atoms. The average Bonchev–Trinajstić information content (AvgIpc) is 3.14. The highest BCUT2D eigenvalue weighted by molar-refractivity contribution is 5.70. The first-order chi connectivity index (χ1) is 25.6. The van der Waals surface area contributed by atoms with Crippen molar-refractivity contribution in [1.82, 2.24) is 0 Å². The molecule has 0 N–H and O–H groups in total. The van der Waals surface area contributed by atoms with Gasteiger partial charge in [0.2, 0.25) is 0 Å². The molecule has 0 saturated carbocycles. The lowest BCUT2D eigenvalue weighted by Gasteiger charge is -2.18. The predicted molar refractivity (Wildman–Crippen MR) is 224 cm³/mol. The number of hydrogen-bond donors (Lipinski definition) is 0. The van der Waals surface area contributed by atoms with Gasteiger partial charge in [-0.3, -0.25) is 9.59 Å². The lowest BCUT2D eigenvalue weighted by molar-refractivity contribution is -0.162. The molecule has 1 unspecified atom stereocenters. The first-order valence-corrected chi connectivity index (χ1v) is 21.8. The van der Waals surface area contributed by atoms with Crippen LogP contribution in [0.5, 0.6) is 0 Å². The van der Waals surface area contributed by atoms with Gasteiger partial charge in [-0.05, 0) is 70.6 Å². The Morgan fingerprint density at radius 2 is 0.904 bits per heavy atom. The molecule has 0 aliphatic heterocycles. The average molecular weight is 727 g/mol. The van der Waals surface area contributed by atoms with E-state index in [2.05, 4.69) is 75.5 Å². The van der Waals surface area contributed by atoms with Crippen LogP contribution < -0.4 is 0 Å². The summed E-state index contributed by atoms with van der Waals surface area (Å²) in [5.41, 5.74) is 0. The highest BCUT2D eigenvalue weighted by Crippen LogP contribution is 2.12. The van der Waals surface area contributed by atoms with Crippen LogP contribution in [-0.4, -0.2) is 37.9 Å². The number of hydrogen-bond acceptors (Lipinski definition) is 5. The van der Waals surface area contributed by atoms with Crippen LogP contribution in [0, 0.1) is 0 Å². The zero-order valence-corrected chi connectivity index (χ0v) is 34.3. The van der Waals surface area contributed by atoms with E-state index >= 15 is 0 Å². The maximum atomic E-state index is 12.7. The van der Waals surface area contributed by atoms with Crippen LogP contribution in [0.15, 0.2) is 60.8 Å². The zero-order valence-electron chi connectivity index (χ0n) is 34.3. The molecule has 5 heteroatoms. The van der Waals surface area contributed by atoms with Crippen LogP contribution in [0.4, 0.5) is 0 Å². The van der Waals surface area contributed by atoms with Gasteiger partial charge < -0.3 is 14.2 Å². The first kappa shape index (κ1) is 49.6. The molecule has 0 aromatic rings. The molecule has 0 heterocycles. The minimum Gasteiger partial charge on any atom is -0.462 e. The Bertz CT molecular complexity index is 915. The highest BCUT2D eigenvalue weighted by Gasteiger charge is 2.17. The lowest BCUT2D eigenvalue weighted by atomic mass is 10.1. The minimum atomic E-state index is -0.564. The van der Waals surface area contributed by atoms with Crippen LogP contribution in [0.25, 0.3) is 0 Å². The quantitative estimate of drug-likeness (QED) is 0.0358. The predicted octanol–water partition coefficient (Wildman–Crippen LogP) is 14.2. The Morgan fingerprint density at radius 3 is 1.48 bits per heavy atom. The van der Waals surface area contributed by atoms with Gasteiger partial charge in [0, 0.05) is 19.4 Å². The number of esters is 2. The van der Waals surface area contributed by atoms with Crippen molar-refractivity contribution in [2.75, 3.05) is 19.8 Å². The second kappa shape index (κ2) is 43.0. The third-order valence-electron chi connectivity index (χ3n) is 9.05. The topological polar surface area (TPSA) is 61.8 Å². The first-order valence-electron chi connectivity index (χ1n) is 21.8. The molecule has 0 radical (unpaired) electrons. The number of carbonyl (C=O) groups is 2. The molecule has 0 aromatic heterocycles. The Morgan fingerprint density at radius 1 is 0.442 bits per heavy atom. The summed E-state index contributed by atoms with van der Waals surface area (Å²) in [6.45, 7) is 7.60. The van der Waals surface area contributed by atoms with E-state index in [1.54, 1.807) is 0 Å². The van der Waals surface area contributed by atoms with E-state index in [1.165, 1.54) is 96.3 Å². The third kappa shape index (κ3) is 40.4. The van der Waals surface area contributed by atoms with Gasteiger partial charge in [-0.2, -0.15) is 0 Å². The summed E-state index contributed by atoms with van der Waals surface area (Å²) < 4.78 is 17.2. The molecular weight excluding hydrogens is 645 g/mol. The van der Waals surface area contributed by atoms with E-state index in [-0.39, 0.29) is 25.2 Å². The SMILES string of the molecule is CC/C=C\C/C=C\C/C=C\C/C=C\CCC(=O)OCC(COCCCCCCCCCCCC)OC(=O)CCCCCCC/C=C\CCCCCC. The van der Waals surface area contributed by atoms with Crippen molar-refractivity contribution in [3.05, 3.63) is 60.8 Å². The molecule has 0 aliphatic rings. The smallest absolute Gasteiger partial charge is 0.306 e.